The quantitative estimate of drug-likeness (QED) is 0.771. The van der Waals surface area contributed by atoms with E-state index in [2.05, 4.69) is 26.2 Å². The molecule has 110 valence electrons. The van der Waals surface area contributed by atoms with Gasteiger partial charge in [-0.2, -0.15) is 0 Å². The summed E-state index contributed by atoms with van der Waals surface area (Å²) in [7, 11) is 0. The average Bonchev–Trinajstić information content (AvgIpc) is 2.76. The third kappa shape index (κ3) is 2.45. The number of carbonyl (C=O) groups is 1. The van der Waals surface area contributed by atoms with E-state index in [1.54, 1.807) is 11.8 Å². The number of hydrogen-bond donors (Lipinski definition) is 1. The molecule has 4 bridgehead atoms. The highest BCUT2D eigenvalue weighted by Gasteiger charge is 2.57. The lowest BCUT2D eigenvalue weighted by Gasteiger charge is -2.60. The molecule has 1 aliphatic heterocycles. The van der Waals surface area contributed by atoms with Crippen molar-refractivity contribution in [3.8, 4) is 0 Å². The first-order valence-corrected chi connectivity index (χ1v) is 9.48. The average molecular weight is 357 g/mol. The number of thioether (sulfide) groups is 1. The van der Waals surface area contributed by atoms with Gasteiger partial charge in [0.1, 0.15) is 0 Å². The maximum absolute atomic E-state index is 12.4. The Kier molecular flexibility index (Phi) is 3.22. The predicted octanol–water partition coefficient (Wildman–Crippen LogP) is 3.33. The molecular weight excluding hydrogens is 336 g/mol. The lowest BCUT2D eigenvalue weighted by molar-refractivity contribution is -0.126. The molecule has 5 rings (SSSR count). The van der Waals surface area contributed by atoms with E-state index in [-0.39, 0.29) is 11.3 Å². The summed E-state index contributed by atoms with van der Waals surface area (Å²) in [5.41, 5.74) is 0.265. The highest BCUT2D eigenvalue weighted by atomic mass is 79.9. The van der Waals surface area contributed by atoms with E-state index in [1.165, 1.54) is 38.5 Å². The number of rotatable bonds is 2. The Morgan fingerprint density at radius 2 is 2.10 bits per heavy atom. The van der Waals surface area contributed by atoms with Gasteiger partial charge in [-0.3, -0.25) is 9.79 Å². The van der Waals surface area contributed by atoms with E-state index in [4.69, 9.17) is 0 Å². The van der Waals surface area contributed by atoms with Crippen LogP contribution in [0.1, 0.15) is 44.9 Å². The Morgan fingerprint density at radius 1 is 1.35 bits per heavy atom. The van der Waals surface area contributed by atoms with Crippen molar-refractivity contribution in [2.75, 3.05) is 12.3 Å². The molecule has 3 nitrogen and oxygen atoms in total. The summed E-state index contributed by atoms with van der Waals surface area (Å²) in [6.07, 6.45) is 8.49. The maximum atomic E-state index is 12.4. The number of nitrogens with one attached hydrogen (secondary N) is 1. The van der Waals surface area contributed by atoms with Crippen LogP contribution in [0.5, 0.6) is 0 Å². The van der Waals surface area contributed by atoms with Gasteiger partial charge < -0.3 is 5.32 Å². The van der Waals surface area contributed by atoms with Gasteiger partial charge in [0.15, 0.2) is 5.17 Å². The summed E-state index contributed by atoms with van der Waals surface area (Å²) >= 11 is 5.68. The largest absolute Gasteiger partial charge is 0.305 e. The lowest BCUT2D eigenvalue weighted by Crippen LogP contribution is -2.54. The van der Waals surface area contributed by atoms with Crippen LogP contribution in [0.4, 0.5) is 0 Å². The van der Waals surface area contributed by atoms with Crippen LogP contribution in [0.2, 0.25) is 0 Å². The van der Waals surface area contributed by atoms with Crippen LogP contribution >= 0.6 is 27.7 Å². The van der Waals surface area contributed by atoms with Gasteiger partial charge in [-0.1, -0.05) is 27.7 Å². The number of aliphatic imine (C=N–C) groups is 1. The molecule has 1 heterocycles. The van der Waals surface area contributed by atoms with Crippen molar-refractivity contribution < 1.29 is 4.79 Å². The minimum atomic E-state index is 0.191. The monoisotopic (exact) mass is 356 g/mol. The molecule has 5 heteroatoms. The second-order valence-electron chi connectivity index (χ2n) is 7.37. The fraction of sp³-hybridized carbons (Fsp3) is 0.867. The molecule has 5 aliphatic rings. The summed E-state index contributed by atoms with van der Waals surface area (Å²) in [5, 5.41) is 3.87. The molecule has 0 aromatic rings. The van der Waals surface area contributed by atoms with Gasteiger partial charge in [-0.25, -0.2) is 0 Å². The zero-order valence-corrected chi connectivity index (χ0v) is 14.1. The van der Waals surface area contributed by atoms with Crippen molar-refractivity contribution in [2.24, 2.45) is 22.2 Å². The first-order chi connectivity index (χ1) is 9.54. The van der Waals surface area contributed by atoms with Crippen LogP contribution in [0.3, 0.4) is 0 Å². The molecule has 4 aliphatic carbocycles. The van der Waals surface area contributed by atoms with Crippen LogP contribution in [-0.2, 0) is 4.79 Å². The molecular formula is C15H21BrN2OS. The van der Waals surface area contributed by atoms with Gasteiger partial charge in [-0.05, 0) is 55.8 Å². The molecule has 1 amide bonds. The maximum Gasteiger partial charge on any atom is 0.226 e. The molecule has 2 atom stereocenters. The Morgan fingerprint density at radius 3 is 2.70 bits per heavy atom. The number of amides is 1. The first-order valence-electron chi connectivity index (χ1n) is 7.70. The van der Waals surface area contributed by atoms with Gasteiger partial charge in [0.25, 0.3) is 0 Å². The summed E-state index contributed by atoms with van der Waals surface area (Å²) < 4.78 is 0.344. The zero-order valence-electron chi connectivity index (χ0n) is 11.7. The molecule has 20 heavy (non-hydrogen) atoms. The molecule has 4 fully saturated rings. The van der Waals surface area contributed by atoms with Crippen LogP contribution in [0.15, 0.2) is 4.99 Å². The van der Waals surface area contributed by atoms with Crippen molar-refractivity contribution in [3.05, 3.63) is 0 Å². The predicted molar refractivity (Wildman–Crippen MR) is 86.3 cm³/mol. The smallest absolute Gasteiger partial charge is 0.226 e. The normalized spacial score (nSPS) is 45.5. The Bertz CT molecular complexity index is 464. The number of halogens is 1. The van der Waals surface area contributed by atoms with E-state index >= 15 is 0 Å². The van der Waals surface area contributed by atoms with E-state index in [9.17, 15) is 4.79 Å². The third-order valence-electron chi connectivity index (χ3n) is 5.48. The summed E-state index contributed by atoms with van der Waals surface area (Å²) in [5.74, 6) is 2.90. The van der Waals surface area contributed by atoms with E-state index in [1.807, 2.05) is 0 Å². The molecule has 4 saturated carbocycles. The van der Waals surface area contributed by atoms with Crippen LogP contribution < -0.4 is 5.32 Å². The van der Waals surface area contributed by atoms with Gasteiger partial charge >= 0.3 is 0 Å². The highest BCUT2D eigenvalue weighted by molar-refractivity contribution is 9.10. The lowest BCUT2D eigenvalue weighted by atomic mass is 9.48. The van der Waals surface area contributed by atoms with Crippen LogP contribution in [-0.4, -0.2) is 27.7 Å². The van der Waals surface area contributed by atoms with Crippen molar-refractivity contribution in [1.29, 1.82) is 0 Å². The van der Waals surface area contributed by atoms with Crippen molar-refractivity contribution >= 4 is 38.8 Å². The third-order valence-corrected chi connectivity index (χ3v) is 7.30. The van der Waals surface area contributed by atoms with Gasteiger partial charge in [-0.15, -0.1) is 0 Å². The van der Waals surface area contributed by atoms with E-state index in [0.717, 1.165) is 29.3 Å². The molecule has 1 N–H and O–H groups in total. The van der Waals surface area contributed by atoms with Crippen LogP contribution in [0, 0.1) is 17.3 Å². The van der Waals surface area contributed by atoms with Crippen molar-refractivity contribution in [3.63, 3.8) is 0 Å². The van der Waals surface area contributed by atoms with Crippen molar-refractivity contribution in [2.45, 2.75) is 49.3 Å². The molecule has 0 spiro atoms. The van der Waals surface area contributed by atoms with E-state index < -0.39 is 0 Å². The topological polar surface area (TPSA) is 41.5 Å². The molecule has 0 aromatic carbocycles. The minimum Gasteiger partial charge on any atom is -0.305 e. The number of alkyl halides is 1. The number of amidine groups is 1. The summed E-state index contributed by atoms with van der Waals surface area (Å²) in [4.78, 5) is 16.7. The fourth-order valence-electron chi connectivity index (χ4n) is 5.46. The second kappa shape index (κ2) is 4.73. The Labute approximate surface area is 132 Å². The fourth-order valence-corrected chi connectivity index (χ4v) is 7.71. The van der Waals surface area contributed by atoms with Gasteiger partial charge in [0, 0.05) is 16.5 Å². The van der Waals surface area contributed by atoms with E-state index in [0.29, 0.717) is 10.7 Å². The number of hydrogen-bond acceptors (Lipinski definition) is 3. The Balaban J connectivity index is 1.46. The molecule has 2 unspecified atom stereocenters. The second-order valence-corrected chi connectivity index (χ2v) is 10.1. The van der Waals surface area contributed by atoms with Crippen LogP contribution in [0.25, 0.3) is 0 Å². The standard InChI is InChI=1S/C15H21BrN2OS/c16-15-6-10-3-11(7-15)5-14(4-10,9-15)8-12(19)18-13-17-1-2-20-13/h10-11H,1-9H2,(H,17,18,19). The minimum absolute atomic E-state index is 0.191. The summed E-state index contributed by atoms with van der Waals surface area (Å²) in [6, 6.07) is 0. The number of nitrogens with zero attached hydrogens (tertiary/aromatic N) is 1. The highest BCUT2D eigenvalue weighted by Crippen LogP contribution is 2.65. The van der Waals surface area contributed by atoms with Gasteiger partial charge in [0.05, 0.1) is 6.54 Å². The molecule has 0 saturated heterocycles. The van der Waals surface area contributed by atoms with Gasteiger partial charge in [0.2, 0.25) is 5.91 Å². The van der Waals surface area contributed by atoms with Crippen molar-refractivity contribution in [1.82, 2.24) is 5.32 Å². The summed E-state index contributed by atoms with van der Waals surface area (Å²) in [6.45, 7) is 0.847. The molecule has 0 aromatic heterocycles. The number of carbonyl (C=O) groups excluding carboxylic acids is 1. The Hall–Kier alpha value is -0.0300. The SMILES string of the molecule is O=C(CC12CC3CC(CC(Br)(C3)C1)C2)NC1=NCCS1. The zero-order chi connectivity index (χ0) is 13.8. The first kappa shape index (κ1) is 13.6. The molecule has 0 radical (unpaired) electrons.